The molecule has 8 heteroatoms. The summed E-state index contributed by atoms with van der Waals surface area (Å²) in [6.45, 7) is 1.14. The Morgan fingerprint density at radius 2 is 1.45 bits per heavy atom. The van der Waals surface area contributed by atoms with Gasteiger partial charge in [-0.2, -0.15) is 0 Å². The van der Waals surface area contributed by atoms with Gasteiger partial charge in [-0.1, -0.05) is 18.2 Å². The number of nitrogens with zero attached hydrogens (tertiary/aromatic N) is 1. The summed E-state index contributed by atoms with van der Waals surface area (Å²) in [5.74, 6) is 1.84. The molecule has 2 heterocycles. The second-order valence-electron chi connectivity index (χ2n) is 10.2. The molecule has 1 aliphatic rings. The Balaban J connectivity index is 1.16. The molecule has 4 aromatic carbocycles. The minimum absolute atomic E-state index is 0.0369. The van der Waals surface area contributed by atoms with Crippen LogP contribution >= 0.6 is 0 Å². The number of H-pyrrole nitrogens is 1. The Morgan fingerprint density at radius 1 is 0.762 bits per heavy atom. The van der Waals surface area contributed by atoms with Gasteiger partial charge in [-0.15, -0.1) is 0 Å². The summed E-state index contributed by atoms with van der Waals surface area (Å²) in [4.78, 5) is 31.2. The van der Waals surface area contributed by atoms with Crippen LogP contribution in [0.3, 0.4) is 0 Å². The number of methoxy groups -OCH3 is 3. The summed E-state index contributed by atoms with van der Waals surface area (Å²) in [5.41, 5.74) is 6.97. The normalized spacial score (nSPS) is 12.5. The molecular weight excluding hydrogens is 530 g/mol. The molecule has 0 saturated carbocycles. The number of benzene rings is 4. The van der Waals surface area contributed by atoms with Gasteiger partial charge in [0.25, 0.3) is 11.8 Å². The second-order valence-corrected chi connectivity index (χ2v) is 10.2. The Hall–Kier alpha value is -5.24. The topological polar surface area (TPSA) is 92.9 Å². The Morgan fingerprint density at radius 3 is 2.14 bits per heavy atom. The van der Waals surface area contributed by atoms with E-state index in [0.717, 1.165) is 34.0 Å². The van der Waals surface area contributed by atoms with Crippen LogP contribution in [0.4, 0.5) is 5.69 Å². The molecule has 42 heavy (non-hydrogen) atoms. The lowest BCUT2D eigenvalue weighted by Gasteiger charge is -2.29. The maximum absolute atomic E-state index is 13.5. The fraction of sp³-hybridized carbons (Fsp3) is 0.176. The largest absolute Gasteiger partial charge is 0.497 e. The van der Waals surface area contributed by atoms with Crippen LogP contribution in [-0.2, 0) is 13.0 Å². The van der Waals surface area contributed by atoms with E-state index >= 15 is 0 Å². The molecule has 0 bridgehead atoms. The smallest absolute Gasteiger partial charge is 0.270 e. The number of fused-ring (bicyclic) bond motifs is 2. The first-order valence-corrected chi connectivity index (χ1v) is 13.7. The van der Waals surface area contributed by atoms with Crippen LogP contribution < -0.4 is 19.5 Å². The molecule has 0 aliphatic carbocycles. The van der Waals surface area contributed by atoms with Crippen molar-refractivity contribution in [3.63, 3.8) is 0 Å². The van der Waals surface area contributed by atoms with E-state index in [0.29, 0.717) is 47.3 Å². The molecule has 0 radical (unpaired) electrons. The zero-order valence-electron chi connectivity index (χ0n) is 23.7. The van der Waals surface area contributed by atoms with E-state index in [2.05, 4.69) is 16.4 Å². The minimum Gasteiger partial charge on any atom is -0.497 e. The highest BCUT2D eigenvalue weighted by Gasteiger charge is 2.25. The highest BCUT2D eigenvalue weighted by Crippen LogP contribution is 2.34. The van der Waals surface area contributed by atoms with Gasteiger partial charge in [0.1, 0.15) is 11.4 Å². The number of nitrogens with one attached hydrogen (secondary N) is 2. The van der Waals surface area contributed by atoms with Crippen molar-refractivity contribution in [3.05, 3.63) is 107 Å². The van der Waals surface area contributed by atoms with E-state index in [-0.39, 0.29) is 11.8 Å². The summed E-state index contributed by atoms with van der Waals surface area (Å²) in [7, 11) is 4.84. The van der Waals surface area contributed by atoms with Gasteiger partial charge < -0.3 is 29.4 Å². The van der Waals surface area contributed by atoms with Crippen LogP contribution in [-0.4, -0.2) is 49.6 Å². The van der Waals surface area contributed by atoms with Gasteiger partial charge in [0.2, 0.25) is 0 Å². The lowest BCUT2D eigenvalue weighted by atomic mass is 9.98. The Labute approximate surface area is 243 Å². The molecule has 5 aromatic rings. The van der Waals surface area contributed by atoms with Crippen molar-refractivity contribution in [1.82, 2.24) is 9.88 Å². The monoisotopic (exact) mass is 561 g/mol. The number of rotatable bonds is 7. The van der Waals surface area contributed by atoms with Crippen molar-refractivity contribution in [2.24, 2.45) is 0 Å². The standard InChI is InChI=1S/C34H31N3O5/c1-40-28-11-6-22(7-12-28)33(38)35-27-9-4-21(5-10-27)23-8-13-29-25(16-23)17-30(36-29)34(39)37-15-14-24-18-31(41-2)32(42-3)19-26(24)20-37/h4-13,16-19,36H,14-15,20H2,1-3H3,(H,35,38). The SMILES string of the molecule is COc1ccc(C(=O)Nc2ccc(-c3ccc4[nH]c(C(=O)N5CCc6cc(OC)c(OC)cc6C5)cc4c3)cc2)cc1. The van der Waals surface area contributed by atoms with Crippen LogP contribution in [0.25, 0.3) is 22.0 Å². The van der Waals surface area contributed by atoms with E-state index in [4.69, 9.17) is 14.2 Å². The second kappa shape index (κ2) is 11.3. The quantitative estimate of drug-likeness (QED) is 0.243. The van der Waals surface area contributed by atoms with E-state index in [1.54, 1.807) is 45.6 Å². The van der Waals surface area contributed by atoms with Crippen LogP contribution in [0.2, 0.25) is 0 Å². The zero-order valence-corrected chi connectivity index (χ0v) is 23.7. The number of carbonyl (C=O) groups excluding carboxylic acids is 2. The lowest BCUT2D eigenvalue weighted by Crippen LogP contribution is -2.36. The van der Waals surface area contributed by atoms with Gasteiger partial charge in [-0.05, 0) is 95.4 Å². The number of aromatic nitrogens is 1. The van der Waals surface area contributed by atoms with Crippen LogP contribution in [0.5, 0.6) is 17.2 Å². The molecule has 0 saturated heterocycles. The average Bonchev–Trinajstić information content (AvgIpc) is 3.47. The van der Waals surface area contributed by atoms with Crippen molar-refractivity contribution in [3.8, 4) is 28.4 Å². The van der Waals surface area contributed by atoms with Crippen LogP contribution in [0.15, 0.2) is 84.9 Å². The van der Waals surface area contributed by atoms with Crippen molar-refractivity contribution < 1.29 is 23.8 Å². The summed E-state index contributed by atoms with van der Waals surface area (Å²) < 4.78 is 16.1. The molecular formula is C34H31N3O5. The maximum atomic E-state index is 13.5. The van der Waals surface area contributed by atoms with Crippen molar-refractivity contribution >= 4 is 28.4 Å². The molecule has 6 rings (SSSR count). The van der Waals surface area contributed by atoms with Gasteiger partial charge in [-0.25, -0.2) is 0 Å². The third-order valence-electron chi connectivity index (χ3n) is 7.68. The average molecular weight is 562 g/mol. The Kier molecular flexibility index (Phi) is 7.27. The highest BCUT2D eigenvalue weighted by molar-refractivity contribution is 6.04. The number of carbonyl (C=O) groups is 2. The Bertz CT molecular complexity index is 1770. The summed E-state index contributed by atoms with van der Waals surface area (Å²) in [6.07, 6.45) is 0.752. The van der Waals surface area contributed by atoms with Gasteiger partial charge in [0, 0.05) is 35.2 Å². The van der Waals surface area contributed by atoms with Crippen molar-refractivity contribution in [2.45, 2.75) is 13.0 Å². The minimum atomic E-state index is -0.188. The first-order valence-electron chi connectivity index (χ1n) is 13.7. The van der Waals surface area contributed by atoms with E-state index in [9.17, 15) is 9.59 Å². The third kappa shape index (κ3) is 5.26. The molecule has 0 atom stereocenters. The number of amides is 2. The predicted molar refractivity (Wildman–Crippen MR) is 163 cm³/mol. The molecule has 2 N–H and O–H groups in total. The molecule has 0 unspecified atom stereocenters. The molecule has 212 valence electrons. The molecule has 0 spiro atoms. The van der Waals surface area contributed by atoms with Gasteiger partial charge >= 0.3 is 0 Å². The lowest BCUT2D eigenvalue weighted by molar-refractivity contribution is 0.0729. The van der Waals surface area contributed by atoms with Crippen molar-refractivity contribution in [1.29, 1.82) is 0 Å². The fourth-order valence-corrected chi connectivity index (χ4v) is 5.35. The van der Waals surface area contributed by atoms with Gasteiger partial charge in [0.15, 0.2) is 11.5 Å². The number of anilines is 1. The highest BCUT2D eigenvalue weighted by atomic mass is 16.5. The number of hydrogen-bond acceptors (Lipinski definition) is 5. The molecule has 8 nitrogen and oxygen atoms in total. The van der Waals surface area contributed by atoms with Crippen molar-refractivity contribution in [2.75, 3.05) is 33.2 Å². The fourth-order valence-electron chi connectivity index (χ4n) is 5.35. The summed E-state index contributed by atoms with van der Waals surface area (Å²) in [5, 5.41) is 3.88. The van der Waals surface area contributed by atoms with Crippen LogP contribution in [0.1, 0.15) is 32.0 Å². The first-order chi connectivity index (χ1) is 20.4. The number of hydrogen-bond donors (Lipinski definition) is 2. The third-order valence-corrected chi connectivity index (χ3v) is 7.68. The van der Waals surface area contributed by atoms with E-state index in [1.807, 2.05) is 59.5 Å². The van der Waals surface area contributed by atoms with Crippen LogP contribution in [0, 0.1) is 0 Å². The van der Waals surface area contributed by atoms with E-state index < -0.39 is 0 Å². The zero-order chi connectivity index (χ0) is 29.2. The van der Waals surface area contributed by atoms with Gasteiger partial charge in [0.05, 0.1) is 21.3 Å². The number of ether oxygens (including phenoxy) is 3. The van der Waals surface area contributed by atoms with E-state index in [1.165, 1.54) is 5.56 Å². The maximum Gasteiger partial charge on any atom is 0.270 e. The summed E-state index contributed by atoms with van der Waals surface area (Å²) in [6, 6.07) is 26.6. The molecule has 0 fully saturated rings. The molecule has 1 aromatic heterocycles. The number of aromatic amines is 1. The molecule has 2 amide bonds. The molecule has 1 aliphatic heterocycles. The van der Waals surface area contributed by atoms with Gasteiger partial charge in [-0.3, -0.25) is 9.59 Å². The first kappa shape index (κ1) is 27.0. The summed E-state index contributed by atoms with van der Waals surface area (Å²) >= 11 is 0. The predicted octanol–water partition coefficient (Wildman–Crippen LogP) is 6.31.